The fourth-order valence-electron chi connectivity index (χ4n) is 2.87. The molecule has 0 aliphatic carbocycles. The number of carbonyl (C=O) groups excluding carboxylic acids is 1. The Balaban J connectivity index is 1.93. The van der Waals surface area contributed by atoms with E-state index in [9.17, 15) is 9.18 Å². The van der Waals surface area contributed by atoms with E-state index in [-0.39, 0.29) is 11.9 Å². The molecule has 5 heteroatoms. The predicted molar refractivity (Wildman–Crippen MR) is 83.2 cm³/mol. The second-order valence-electron chi connectivity index (χ2n) is 6.78. The zero-order valence-electron chi connectivity index (χ0n) is 13.2. The minimum Gasteiger partial charge on any atom is -0.444 e. The van der Waals surface area contributed by atoms with Crippen LogP contribution in [0, 0.1) is 5.82 Å². The van der Waals surface area contributed by atoms with Crippen LogP contribution in [0.25, 0.3) is 10.9 Å². The Labute approximate surface area is 129 Å². The van der Waals surface area contributed by atoms with Crippen molar-refractivity contribution in [1.29, 1.82) is 0 Å². The number of aromatic amines is 1. The molecule has 1 aromatic heterocycles. The summed E-state index contributed by atoms with van der Waals surface area (Å²) in [5.41, 5.74) is 2.49. The number of aromatic nitrogens is 1. The minimum atomic E-state index is -0.515. The van der Waals surface area contributed by atoms with Crippen molar-refractivity contribution in [2.45, 2.75) is 45.8 Å². The Morgan fingerprint density at radius 3 is 2.86 bits per heavy atom. The number of benzene rings is 1. The van der Waals surface area contributed by atoms with Gasteiger partial charge in [-0.3, -0.25) is 0 Å². The monoisotopic (exact) mass is 304 g/mol. The van der Waals surface area contributed by atoms with Gasteiger partial charge in [-0.1, -0.05) is 0 Å². The molecule has 0 bridgehead atoms. The lowest BCUT2D eigenvalue weighted by molar-refractivity contribution is 0.0237. The van der Waals surface area contributed by atoms with Gasteiger partial charge in [-0.05, 0) is 51.8 Å². The summed E-state index contributed by atoms with van der Waals surface area (Å²) in [5, 5.41) is 0.852. The van der Waals surface area contributed by atoms with E-state index in [0.29, 0.717) is 13.1 Å². The van der Waals surface area contributed by atoms with Crippen molar-refractivity contribution < 1.29 is 13.9 Å². The Morgan fingerprint density at radius 1 is 1.36 bits per heavy atom. The van der Waals surface area contributed by atoms with Crippen LogP contribution in [0.15, 0.2) is 18.2 Å². The van der Waals surface area contributed by atoms with Gasteiger partial charge in [-0.15, -0.1) is 0 Å². The number of amides is 1. The molecule has 1 aliphatic rings. The highest BCUT2D eigenvalue weighted by Crippen LogP contribution is 2.28. The van der Waals surface area contributed by atoms with Gasteiger partial charge in [0.15, 0.2) is 0 Å². The number of hydrogen-bond donors (Lipinski definition) is 1. The molecule has 0 saturated carbocycles. The maximum Gasteiger partial charge on any atom is 0.410 e. The number of fused-ring (bicyclic) bond motifs is 3. The van der Waals surface area contributed by atoms with E-state index in [1.807, 2.05) is 20.8 Å². The fourth-order valence-corrected chi connectivity index (χ4v) is 2.87. The normalized spacial score (nSPS) is 15.5. The molecule has 0 radical (unpaired) electrons. The van der Waals surface area contributed by atoms with Crippen LogP contribution in [0.2, 0.25) is 0 Å². The highest BCUT2D eigenvalue weighted by atomic mass is 19.1. The van der Waals surface area contributed by atoms with Gasteiger partial charge in [0.25, 0.3) is 0 Å². The second kappa shape index (κ2) is 5.30. The molecule has 1 aromatic carbocycles. The number of nitrogens with zero attached hydrogens (tertiary/aromatic N) is 1. The summed E-state index contributed by atoms with van der Waals surface area (Å²) in [4.78, 5) is 17.4. The van der Waals surface area contributed by atoms with Gasteiger partial charge in [0, 0.05) is 28.7 Å². The third-order valence-electron chi connectivity index (χ3n) is 3.81. The number of rotatable bonds is 0. The van der Waals surface area contributed by atoms with E-state index in [2.05, 4.69) is 4.98 Å². The van der Waals surface area contributed by atoms with Crippen molar-refractivity contribution in [3.05, 3.63) is 35.3 Å². The lowest BCUT2D eigenvalue weighted by Gasteiger charge is -2.26. The van der Waals surface area contributed by atoms with Crippen LogP contribution in [0.5, 0.6) is 0 Å². The van der Waals surface area contributed by atoms with Crippen LogP contribution >= 0.6 is 0 Å². The number of hydrogen-bond acceptors (Lipinski definition) is 2. The summed E-state index contributed by atoms with van der Waals surface area (Å²) in [6.07, 6.45) is 1.40. The number of nitrogens with one attached hydrogen (secondary N) is 1. The third kappa shape index (κ3) is 2.93. The Kier molecular flexibility index (Phi) is 3.59. The zero-order valence-corrected chi connectivity index (χ0v) is 13.2. The van der Waals surface area contributed by atoms with Gasteiger partial charge < -0.3 is 14.6 Å². The van der Waals surface area contributed by atoms with E-state index < -0.39 is 5.60 Å². The molecular formula is C17H21FN2O2. The van der Waals surface area contributed by atoms with Crippen LogP contribution in [-0.2, 0) is 17.7 Å². The second-order valence-corrected chi connectivity index (χ2v) is 6.78. The zero-order chi connectivity index (χ0) is 15.9. The molecule has 2 aromatic rings. The number of carbonyl (C=O) groups is 1. The van der Waals surface area contributed by atoms with Crippen molar-refractivity contribution in [3.63, 3.8) is 0 Å². The minimum absolute atomic E-state index is 0.262. The van der Waals surface area contributed by atoms with Crippen molar-refractivity contribution >= 4 is 17.0 Å². The van der Waals surface area contributed by atoms with E-state index in [1.165, 1.54) is 12.1 Å². The Hall–Kier alpha value is -2.04. The van der Waals surface area contributed by atoms with Crippen LogP contribution < -0.4 is 0 Å². The molecule has 1 N–H and O–H groups in total. The molecule has 0 unspecified atom stereocenters. The summed E-state index contributed by atoms with van der Waals surface area (Å²) in [6.45, 7) is 6.67. The maximum atomic E-state index is 13.5. The van der Waals surface area contributed by atoms with Crippen LogP contribution in [0.3, 0.4) is 0 Å². The first-order chi connectivity index (χ1) is 10.3. The number of aryl methyl sites for hydroxylation is 1. The largest absolute Gasteiger partial charge is 0.444 e. The quantitative estimate of drug-likeness (QED) is 0.800. The average Bonchev–Trinajstić information content (AvgIpc) is 2.61. The van der Waals surface area contributed by atoms with Gasteiger partial charge in [0.2, 0.25) is 0 Å². The lowest BCUT2D eigenvalue weighted by atomic mass is 10.1. The molecule has 1 aliphatic heterocycles. The maximum absolute atomic E-state index is 13.5. The first-order valence-corrected chi connectivity index (χ1v) is 7.60. The molecular weight excluding hydrogens is 283 g/mol. The average molecular weight is 304 g/mol. The van der Waals surface area contributed by atoms with Gasteiger partial charge in [-0.2, -0.15) is 0 Å². The molecule has 3 rings (SSSR count). The Morgan fingerprint density at radius 2 is 2.14 bits per heavy atom. The molecule has 0 saturated heterocycles. The van der Waals surface area contributed by atoms with E-state index >= 15 is 0 Å². The fraction of sp³-hybridized carbons (Fsp3) is 0.471. The van der Waals surface area contributed by atoms with Gasteiger partial charge >= 0.3 is 6.09 Å². The third-order valence-corrected chi connectivity index (χ3v) is 3.81. The van der Waals surface area contributed by atoms with Crippen molar-refractivity contribution in [1.82, 2.24) is 9.88 Å². The summed E-state index contributed by atoms with van der Waals surface area (Å²) in [7, 11) is 0. The van der Waals surface area contributed by atoms with Crippen molar-refractivity contribution in [2.75, 3.05) is 6.54 Å². The highest BCUT2D eigenvalue weighted by molar-refractivity contribution is 5.85. The van der Waals surface area contributed by atoms with Gasteiger partial charge in [0.05, 0.1) is 6.54 Å². The van der Waals surface area contributed by atoms with E-state index in [4.69, 9.17) is 4.74 Å². The highest BCUT2D eigenvalue weighted by Gasteiger charge is 2.26. The smallest absolute Gasteiger partial charge is 0.410 e. The summed E-state index contributed by atoms with van der Waals surface area (Å²) in [6, 6.07) is 4.73. The molecule has 1 amide bonds. The first kappa shape index (κ1) is 14.9. The van der Waals surface area contributed by atoms with E-state index in [0.717, 1.165) is 35.0 Å². The molecule has 22 heavy (non-hydrogen) atoms. The Bertz CT molecular complexity index is 715. The number of halogens is 1. The van der Waals surface area contributed by atoms with Crippen LogP contribution in [0.4, 0.5) is 9.18 Å². The SMILES string of the molecule is CC(C)(C)OC(=O)N1CCCc2[nH]c3ccc(F)cc3c2C1. The summed E-state index contributed by atoms with van der Waals surface area (Å²) >= 11 is 0. The topological polar surface area (TPSA) is 45.3 Å². The molecule has 2 heterocycles. The molecule has 118 valence electrons. The lowest BCUT2D eigenvalue weighted by Crippen LogP contribution is -2.36. The van der Waals surface area contributed by atoms with Gasteiger partial charge in [-0.25, -0.2) is 9.18 Å². The summed E-state index contributed by atoms with van der Waals surface area (Å²) in [5.74, 6) is -0.262. The van der Waals surface area contributed by atoms with Crippen molar-refractivity contribution in [3.8, 4) is 0 Å². The van der Waals surface area contributed by atoms with Crippen LogP contribution in [-0.4, -0.2) is 28.1 Å². The molecule has 0 atom stereocenters. The molecule has 4 nitrogen and oxygen atoms in total. The number of ether oxygens (including phenoxy) is 1. The van der Waals surface area contributed by atoms with Crippen LogP contribution in [0.1, 0.15) is 38.4 Å². The molecule has 0 spiro atoms. The summed E-state index contributed by atoms with van der Waals surface area (Å²) < 4.78 is 19.0. The number of H-pyrrole nitrogens is 1. The predicted octanol–water partition coefficient (Wildman–Crippen LogP) is 3.99. The van der Waals surface area contributed by atoms with Crippen molar-refractivity contribution in [2.24, 2.45) is 0 Å². The standard InChI is InChI=1S/C17H21FN2O2/c1-17(2,3)22-16(21)20-8-4-5-14-13(10-20)12-9-11(18)6-7-15(12)19-14/h6-7,9,19H,4-5,8,10H2,1-3H3. The molecule has 0 fully saturated rings. The van der Waals surface area contributed by atoms with E-state index in [1.54, 1.807) is 11.0 Å². The first-order valence-electron chi connectivity index (χ1n) is 7.60. The van der Waals surface area contributed by atoms with Gasteiger partial charge in [0.1, 0.15) is 11.4 Å².